The predicted octanol–water partition coefficient (Wildman–Crippen LogP) is 0.945. The molecule has 0 aromatic heterocycles. The molecule has 2 heterocycles. The third kappa shape index (κ3) is 3.14. The summed E-state index contributed by atoms with van der Waals surface area (Å²) >= 11 is 0. The smallest absolute Gasteiger partial charge is 0.320 e. The number of carboxylic acid groups (broad SMARTS) is 1. The molecule has 1 atom stereocenters. The largest absolute Gasteiger partial charge is 0.486 e. The molecule has 0 radical (unpaired) electrons. The highest BCUT2D eigenvalue weighted by Gasteiger charge is 2.31. The molecule has 2 aliphatic heterocycles. The van der Waals surface area contributed by atoms with E-state index in [2.05, 4.69) is 5.32 Å². The summed E-state index contributed by atoms with van der Waals surface area (Å²) in [7, 11) is 0. The van der Waals surface area contributed by atoms with Gasteiger partial charge in [0.2, 0.25) is 5.91 Å². The second-order valence-corrected chi connectivity index (χ2v) is 5.37. The number of carbonyl (C=O) groups excluding carboxylic acids is 1. The molecule has 118 valence electrons. The second kappa shape index (κ2) is 6.23. The molecule has 1 unspecified atom stereocenters. The predicted molar refractivity (Wildman–Crippen MR) is 78.3 cm³/mol. The topological polar surface area (TPSA) is 88.1 Å². The van der Waals surface area contributed by atoms with E-state index in [0.717, 1.165) is 6.42 Å². The summed E-state index contributed by atoms with van der Waals surface area (Å²) in [6.07, 6.45) is 1.39. The number of hydrogen-bond donors (Lipinski definition) is 2. The molecule has 0 bridgehead atoms. The normalized spacial score (nSPS) is 20.6. The van der Waals surface area contributed by atoms with Crippen LogP contribution in [-0.4, -0.2) is 54.2 Å². The zero-order valence-electron chi connectivity index (χ0n) is 12.1. The fourth-order valence-electron chi connectivity index (χ4n) is 2.80. The molecule has 7 heteroatoms. The fourth-order valence-corrected chi connectivity index (χ4v) is 2.80. The maximum Gasteiger partial charge on any atom is 0.320 e. The molecule has 1 fully saturated rings. The van der Waals surface area contributed by atoms with E-state index in [4.69, 9.17) is 14.6 Å². The van der Waals surface area contributed by atoms with E-state index in [9.17, 15) is 9.59 Å². The number of aliphatic carboxylic acids is 1. The summed E-state index contributed by atoms with van der Waals surface area (Å²) in [6, 6.07) is 4.64. The summed E-state index contributed by atoms with van der Waals surface area (Å²) in [6.45, 7) is 1.71. The molecular weight excluding hydrogens is 288 g/mol. The fraction of sp³-hybridized carbons (Fsp3) is 0.467. The highest BCUT2D eigenvalue weighted by Crippen LogP contribution is 2.32. The minimum Gasteiger partial charge on any atom is -0.486 e. The third-order valence-electron chi connectivity index (χ3n) is 3.82. The van der Waals surface area contributed by atoms with Crippen LogP contribution in [0.5, 0.6) is 11.5 Å². The van der Waals surface area contributed by atoms with E-state index in [-0.39, 0.29) is 12.5 Å². The van der Waals surface area contributed by atoms with E-state index in [0.29, 0.717) is 43.4 Å². The Kier molecular flexibility index (Phi) is 4.15. The number of hydrogen-bond acceptors (Lipinski definition) is 5. The van der Waals surface area contributed by atoms with Gasteiger partial charge in [0.1, 0.15) is 19.3 Å². The van der Waals surface area contributed by atoms with Crippen molar-refractivity contribution in [1.82, 2.24) is 4.90 Å². The number of anilines is 1. The van der Waals surface area contributed by atoms with E-state index in [1.54, 1.807) is 23.1 Å². The van der Waals surface area contributed by atoms with Crippen molar-refractivity contribution < 1.29 is 24.2 Å². The zero-order chi connectivity index (χ0) is 15.5. The van der Waals surface area contributed by atoms with Gasteiger partial charge in [0.25, 0.3) is 0 Å². The van der Waals surface area contributed by atoms with E-state index in [1.165, 1.54) is 0 Å². The van der Waals surface area contributed by atoms with E-state index in [1.807, 2.05) is 0 Å². The van der Waals surface area contributed by atoms with Gasteiger partial charge in [-0.2, -0.15) is 0 Å². The summed E-state index contributed by atoms with van der Waals surface area (Å²) < 4.78 is 10.9. The molecule has 0 saturated carbocycles. The van der Waals surface area contributed by atoms with E-state index < -0.39 is 12.0 Å². The quantitative estimate of drug-likeness (QED) is 0.861. The first kappa shape index (κ1) is 14.6. The van der Waals surface area contributed by atoms with Crippen molar-refractivity contribution in [3.05, 3.63) is 18.2 Å². The summed E-state index contributed by atoms with van der Waals surface area (Å²) in [5.74, 6) is 0.165. The van der Waals surface area contributed by atoms with Crippen molar-refractivity contribution in [3.63, 3.8) is 0 Å². The third-order valence-corrected chi connectivity index (χ3v) is 3.82. The van der Waals surface area contributed by atoms with Gasteiger partial charge in [0.15, 0.2) is 11.5 Å². The van der Waals surface area contributed by atoms with Crippen molar-refractivity contribution in [2.24, 2.45) is 0 Å². The molecule has 22 heavy (non-hydrogen) atoms. The van der Waals surface area contributed by atoms with Crippen LogP contribution in [0.4, 0.5) is 5.69 Å². The minimum absolute atomic E-state index is 0.0748. The molecule has 2 aliphatic rings. The van der Waals surface area contributed by atoms with Gasteiger partial charge in [0.05, 0.1) is 6.54 Å². The molecule has 0 spiro atoms. The molecule has 1 saturated heterocycles. The Morgan fingerprint density at radius 3 is 2.82 bits per heavy atom. The van der Waals surface area contributed by atoms with Gasteiger partial charge >= 0.3 is 5.97 Å². The number of carboxylic acids is 1. The first-order chi connectivity index (χ1) is 10.6. The molecule has 1 aromatic carbocycles. The van der Waals surface area contributed by atoms with Crippen molar-refractivity contribution in [2.75, 3.05) is 31.6 Å². The van der Waals surface area contributed by atoms with Gasteiger partial charge in [-0.15, -0.1) is 0 Å². The first-order valence-corrected chi connectivity index (χ1v) is 7.30. The van der Waals surface area contributed by atoms with Crippen molar-refractivity contribution in [1.29, 1.82) is 0 Å². The number of ether oxygens (including phenoxy) is 2. The lowest BCUT2D eigenvalue weighted by molar-refractivity contribution is -0.142. The van der Waals surface area contributed by atoms with Crippen molar-refractivity contribution in [2.45, 2.75) is 18.9 Å². The average molecular weight is 306 g/mol. The standard InChI is InChI=1S/C15H18N2O5/c18-14(9-17-5-1-2-11(17)15(19)20)16-10-3-4-12-13(8-10)22-7-6-21-12/h3-4,8,11H,1-2,5-7,9H2,(H,16,18)(H,19,20). The van der Waals surface area contributed by atoms with Crippen LogP contribution in [0.25, 0.3) is 0 Å². The number of nitrogens with zero attached hydrogens (tertiary/aromatic N) is 1. The lowest BCUT2D eigenvalue weighted by Gasteiger charge is -2.21. The second-order valence-electron chi connectivity index (χ2n) is 5.37. The molecule has 2 N–H and O–H groups in total. The Hall–Kier alpha value is -2.28. The van der Waals surface area contributed by atoms with Gasteiger partial charge < -0.3 is 19.9 Å². The average Bonchev–Trinajstić information content (AvgIpc) is 2.95. The zero-order valence-corrected chi connectivity index (χ0v) is 12.1. The Bertz CT molecular complexity index is 589. The van der Waals surface area contributed by atoms with Crippen LogP contribution in [0.3, 0.4) is 0 Å². The van der Waals surface area contributed by atoms with Crippen LogP contribution in [-0.2, 0) is 9.59 Å². The van der Waals surface area contributed by atoms with E-state index >= 15 is 0 Å². The number of nitrogens with one attached hydrogen (secondary N) is 1. The first-order valence-electron chi connectivity index (χ1n) is 7.30. The number of rotatable bonds is 4. The number of likely N-dealkylation sites (tertiary alicyclic amines) is 1. The van der Waals surface area contributed by atoms with Crippen LogP contribution in [0.2, 0.25) is 0 Å². The molecule has 0 aliphatic carbocycles. The summed E-state index contributed by atoms with van der Waals surface area (Å²) in [5, 5.41) is 11.9. The van der Waals surface area contributed by atoms with Crippen LogP contribution in [0.1, 0.15) is 12.8 Å². The number of carbonyl (C=O) groups is 2. The van der Waals surface area contributed by atoms with Gasteiger partial charge in [-0.3, -0.25) is 14.5 Å². The van der Waals surface area contributed by atoms with Crippen LogP contribution >= 0.6 is 0 Å². The Balaban J connectivity index is 1.61. The number of benzene rings is 1. The monoisotopic (exact) mass is 306 g/mol. The maximum atomic E-state index is 12.1. The highest BCUT2D eigenvalue weighted by molar-refractivity contribution is 5.93. The number of fused-ring (bicyclic) bond motifs is 1. The van der Waals surface area contributed by atoms with Gasteiger partial charge in [0, 0.05) is 11.8 Å². The molecule has 1 aromatic rings. The Morgan fingerprint density at radius 1 is 1.27 bits per heavy atom. The van der Waals surface area contributed by atoms with Crippen molar-refractivity contribution >= 4 is 17.6 Å². The lowest BCUT2D eigenvalue weighted by Crippen LogP contribution is -2.40. The summed E-state index contributed by atoms with van der Waals surface area (Å²) in [4.78, 5) is 24.9. The van der Waals surface area contributed by atoms with Gasteiger partial charge in [-0.25, -0.2) is 0 Å². The number of amides is 1. The summed E-state index contributed by atoms with van der Waals surface area (Å²) in [5.41, 5.74) is 0.611. The minimum atomic E-state index is -0.871. The Labute approximate surface area is 127 Å². The lowest BCUT2D eigenvalue weighted by atomic mass is 10.2. The molecule has 3 rings (SSSR count). The highest BCUT2D eigenvalue weighted by atomic mass is 16.6. The Morgan fingerprint density at radius 2 is 2.05 bits per heavy atom. The van der Waals surface area contributed by atoms with Gasteiger partial charge in [-0.05, 0) is 31.5 Å². The molecule has 1 amide bonds. The van der Waals surface area contributed by atoms with Crippen molar-refractivity contribution in [3.8, 4) is 11.5 Å². The maximum absolute atomic E-state index is 12.1. The molecule has 7 nitrogen and oxygen atoms in total. The van der Waals surface area contributed by atoms with Crippen LogP contribution in [0.15, 0.2) is 18.2 Å². The molecular formula is C15H18N2O5. The van der Waals surface area contributed by atoms with Crippen LogP contribution < -0.4 is 14.8 Å². The SMILES string of the molecule is O=C(CN1CCCC1C(=O)O)Nc1ccc2c(c1)OCCO2. The van der Waals surface area contributed by atoms with Gasteiger partial charge in [-0.1, -0.05) is 0 Å². The van der Waals surface area contributed by atoms with Crippen LogP contribution in [0, 0.1) is 0 Å².